The van der Waals surface area contributed by atoms with E-state index in [0.29, 0.717) is 40.5 Å². The Hall–Kier alpha value is -7.33. The Labute approximate surface area is 647 Å². The van der Waals surface area contributed by atoms with E-state index in [-0.39, 0.29) is 0 Å². The summed E-state index contributed by atoms with van der Waals surface area (Å²) in [6.45, 7) is 10.4. The molecule has 0 N–H and O–H groups in total. The molecule has 12 aromatic rings. The van der Waals surface area contributed by atoms with Gasteiger partial charge in [-0.25, -0.2) is 0 Å². The van der Waals surface area contributed by atoms with Gasteiger partial charge in [0.25, 0.3) is 0 Å². The molecule has 0 aromatic heterocycles. The maximum absolute atomic E-state index is 3.10. The van der Waals surface area contributed by atoms with Gasteiger partial charge < -0.3 is 0 Å². The molecule has 542 valence electrons. The zero-order chi connectivity index (χ0) is 72.5. The number of nitrogens with zero attached hydrogens (tertiary/aromatic N) is 3. The van der Waals surface area contributed by atoms with Crippen LogP contribution in [0, 0.1) is 0 Å². The summed E-state index contributed by atoms with van der Waals surface area (Å²) < 4.78 is 9.18. The van der Waals surface area contributed by atoms with Gasteiger partial charge in [0.15, 0.2) is 0 Å². The van der Waals surface area contributed by atoms with Crippen molar-refractivity contribution in [3.63, 3.8) is 0 Å². The highest BCUT2D eigenvalue weighted by Crippen LogP contribution is 2.78. The molecule has 3 fully saturated rings. The molecule has 0 bridgehead atoms. The van der Waals surface area contributed by atoms with Crippen molar-refractivity contribution in [3.8, 4) is 0 Å². The van der Waals surface area contributed by atoms with Gasteiger partial charge in [0.2, 0.25) is 0 Å². The largest absolute Gasteiger partial charge is 0.271 e. The lowest BCUT2D eigenvalue weighted by molar-refractivity contribution is 0.296. The molecule has 3 unspecified atom stereocenters. The van der Waals surface area contributed by atoms with Crippen molar-refractivity contribution in [1.82, 2.24) is 13.6 Å². The molecular weight excluding hydrogens is 1390 g/mol. The third-order valence-electron chi connectivity index (χ3n) is 22.8. The highest BCUT2D eigenvalue weighted by atomic mass is 31.2. The van der Waals surface area contributed by atoms with Gasteiger partial charge in [0.1, 0.15) is 0 Å². The quantitative estimate of drug-likeness (QED) is 0.0401. The second-order valence-electron chi connectivity index (χ2n) is 29.8. The fourth-order valence-corrected chi connectivity index (χ4v) is 35.3. The predicted octanol–water partition coefficient (Wildman–Crippen LogP) is 25.3. The van der Waals surface area contributed by atoms with E-state index >= 15 is 0 Å². The van der Waals surface area contributed by atoms with E-state index in [1.165, 1.54) is 158 Å². The normalized spacial score (nSPS) is 19.6. The Morgan fingerprint density at radius 3 is 0.804 bits per heavy atom. The van der Waals surface area contributed by atoms with E-state index in [9.17, 15) is 0 Å². The van der Waals surface area contributed by atoms with Gasteiger partial charge in [-0.1, -0.05) is 380 Å². The molecule has 2 aliphatic heterocycles. The minimum absolute atomic E-state index is 0.384. The zero-order valence-electron chi connectivity index (χ0n) is 63.0. The van der Waals surface area contributed by atoms with Crippen LogP contribution in [0.5, 0.6) is 0 Å². The molecule has 3 nitrogen and oxygen atoms in total. The highest BCUT2D eigenvalue weighted by Gasteiger charge is 2.47. The minimum atomic E-state index is -0.829. The second kappa shape index (κ2) is 37.4. The molecule has 0 amide bonds. The molecule has 0 radical (unpaired) electrons. The van der Waals surface area contributed by atoms with Crippen LogP contribution in [0.3, 0.4) is 0 Å². The summed E-state index contributed by atoms with van der Waals surface area (Å²) in [5.41, 5.74) is 16.4. The van der Waals surface area contributed by atoms with Crippen molar-refractivity contribution in [2.75, 3.05) is 19.6 Å². The predicted molar refractivity (Wildman–Crippen MR) is 468 cm³/mol. The van der Waals surface area contributed by atoms with Crippen LogP contribution in [0.15, 0.2) is 340 Å². The first-order valence-electron chi connectivity index (χ1n) is 40.0. The van der Waals surface area contributed by atoms with E-state index < -0.39 is 40.4 Å². The van der Waals surface area contributed by atoms with E-state index in [1.807, 2.05) is 0 Å². The number of rotatable bonds is 31. The lowest BCUT2D eigenvalue weighted by Gasteiger charge is -2.42. The third-order valence-corrected chi connectivity index (χ3v) is 38.4. The van der Waals surface area contributed by atoms with Crippen molar-refractivity contribution in [2.45, 2.75) is 151 Å². The van der Waals surface area contributed by atoms with Crippen LogP contribution >= 0.6 is 40.4 Å². The molecule has 1 aliphatic carbocycles. The van der Waals surface area contributed by atoms with Crippen LogP contribution in [0.1, 0.15) is 188 Å². The Morgan fingerprint density at radius 2 is 0.495 bits per heavy atom. The molecule has 9 atom stereocenters. The number of unbranched alkanes of at least 4 members (excludes halogenated alkanes) is 3. The summed E-state index contributed by atoms with van der Waals surface area (Å²) in [5, 5.41) is 8.71. The first kappa shape index (κ1) is 75.1. The van der Waals surface area contributed by atoms with Crippen LogP contribution in [0.2, 0.25) is 0 Å². The first-order chi connectivity index (χ1) is 53.0. The topological polar surface area (TPSA) is 9.72 Å². The first-order valence-corrected chi connectivity index (χ1v) is 46.8. The number of hydrogen-bond donors (Lipinski definition) is 0. The van der Waals surface area contributed by atoms with Crippen molar-refractivity contribution >= 4 is 72.2 Å². The van der Waals surface area contributed by atoms with Gasteiger partial charge in [-0.2, -0.15) is 0 Å². The Balaban J connectivity index is 0.711. The molecule has 0 spiro atoms. The maximum atomic E-state index is 3.10. The fourth-order valence-electron chi connectivity index (χ4n) is 17.6. The monoisotopic (exact) mass is 1490 g/mol. The molecule has 15 rings (SSSR count). The summed E-state index contributed by atoms with van der Waals surface area (Å²) in [4.78, 5) is 0. The van der Waals surface area contributed by atoms with Crippen LogP contribution in [0.4, 0.5) is 0 Å². The maximum Gasteiger partial charge on any atom is 0.0318 e. The van der Waals surface area contributed by atoms with Gasteiger partial charge in [0, 0.05) is 84.4 Å². The van der Waals surface area contributed by atoms with Gasteiger partial charge >= 0.3 is 0 Å². The third kappa shape index (κ3) is 17.8. The van der Waals surface area contributed by atoms with Crippen LogP contribution in [-0.4, -0.2) is 39.2 Å². The zero-order valence-corrected chi connectivity index (χ0v) is 67.4. The summed E-state index contributed by atoms with van der Waals surface area (Å²) in [5.74, 6) is 0.922. The Kier molecular flexibility index (Phi) is 26.2. The summed E-state index contributed by atoms with van der Waals surface area (Å²) in [6, 6.07) is 133. The van der Waals surface area contributed by atoms with E-state index in [1.54, 1.807) is 0 Å². The smallest absolute Gasteiger partial charge is 0.0318 e. The van der Waals surface area contributed by atoms with Crippen molar-refractivity contribution < 1.29 is 0 Å². The number of hydrogen-bond acceptors (Lipinski definition) is 3. The summed E-state index contributed by atoms with van der Waals surface area (Å²) in [6.07, 6.45) is 16.1. The van der Waals surface area contributed by atoms with Gasteiger partial charge in [-0.05, 0) is 174 Å². The molecule has 2 saturated heterocycles. The molecule has 107 heavy (non-hydrogen) atoms. The molecule has 8 heteroatoms. The summed E-state index contributed by atoms with van der Waals surface area (Å²) >= 11 is 0. The molecule has 2 heterocycles. The van der Waals surface area contributed by atoms with Gasteiger partial charge in [-0.15, -0.1) is 0 Å². The van der Waals surface area contributed by atoms with Crippen LogP contribution in [0.25, 0.3) is 0 Å². The van der Waals surface area contributed by atoms with Gasteiger partial charge in [-0.3, -0.25) is 13.6 Å². The standard InChI is InChI=1S/C99H106N3P5/c1-4-7-72-100(99-93(81-34-18-10-19-35-81)66-67-94(99)82-36-20-11-21-37-82)103(87-42-26-14-27-43-87)91-62-54-79(55-63-91)75-77-50-58-85(59-51-77)97-70-71-98(107(97)101(73-8-5-2)104(88-44-28-15-29-45-88)89-46-30-16-31-47-89)86-60-52-78(53-61-86)76-80-56-64-92(65-57-80)105(90-48-32-17-33-49-90)102(74-9-6-3)106-95(83-38-22-12-23-39-83)68-69-96(106)84-40-24-13-25-41-84/h10-65,93-99H,4-9,66-76H2,1-3H3/t93-,94-,95+,96+,97-,98-,103?,105?,107?/m0/s1. The molecule has 3 aliphatic rings. The average molecular weight is 1490 g/mol. The van der Waals surface area contributed by atoms with Crippen molar-refractivity contribution in [1.29, 1.82) is 0 Å². The minimum Gasteiger partial charge on any atom is -0.271 e. The lowest BCUT2D eigenvalue weighted by Crippen LogP contribution is -2.42. The Bertz CT molecular complexity index is 4220. The van der Waals surface area contributed by atoms with E-state index in [0.717, 1.165) is 38.9 Å². The van der Waals surface area contributed by atoms with Crippen molar-refractivity contribution in [2.24, 2.45) is 0 Å². The van der Waals surface area contributed by atoms with Crippen molar-refractivity contribution in [3.05, 3.63) is 395 Å². The lowest BCUT2D eigenvalue weighted by atomic mass is 9.87. The van der Waals surface area contributed by atoms with Gasteiger partial charge in [0.05, 0.1) is 0 Å². The van der Waals surface area contributed by atoms with Crippen LogP contribution in [-0.2, 0) is 12.8 Å². The second-order valence-corrected chi connectivity index (χ2v) is 41.8. The average Bonchev–Trinajstić information content (AvgIpc) is 1.53. The Morgan fingerprint density at radius 1 is 0.252 bits per heavy atom. The molecular formula is C99H106N3P5. The molecule has 12 aromatic carbocycles. The van der Waals surface area contributed by atoms with Crippen LogP contribution < -0.4 is 31.8 Å². The fraction of sp³-hybridized carbons (Fsp3) is 0.273. The highest BCUT2D eigenvalue weighted by molar-refractivity contribution is 7.80. The van der Waals surface area contributed by atoms with E-state index in [4.69, 9.17) is 0 Å². The SMILES string of the molecule is CCCCN(C1[C@H](c2ccccc2)CC[C@H]1c1ccccc1)P(c1ccccc1)c1ccc(Cc2ccc([C@@H]3CC[C@@H](c4ccc(Cc5ccc(P(c6ccccc6)N(CCCC)P6[C@@H](c7ccccc7)CC[C@@H]6c6ccccc6)cc5)cc4)P3N(CCCC)P(c3ccccc3)c3ccccc3)cc2)cc1. The number of benzene rings is 12. The van der Waals surface area contributed by atoms with E-state index in [2.05, 4.69) is 374 Å². The summed E-state index contributed by atoms with van der Waals surface area (Å²) in [7, 11) is -3.70. The molecule has 1 saturated carbocycles.